The molecule has 2 aromatic rings. The van der Waals surface area contributed by atoms with Gasteiger partial charge in [0.05, 0.1) is 31.5 Å². The van der Waals surface area contributed by atoms with Gasteiger partial charge in [-0.1, -0.05) is 85.2 Å². The van der Waals surface area contributed by atoms with Crippen molar-refractivity contribution >= 4 is 23.5 Å². The summed E-state index contributed by atoms with van der Waals surface area (Å²) in [6.07, 6.45) is 5.04. The summed E-state index contributed by atoms with van der Waals surface area (Å²) < 4.78 is 6.13. The lowest BCUT2D eigenvalue weighted by atomic mass is 9.85. The van der Waals surface area contributed by atoms with Gasteiger partial charge >= 0.3 is 0 Å². The van der Waals surface area contributed by atoms with Crippen molar-refractivity contribution in [3.05, 3.63) is 66.7 Å². The summed E-state index contributed by atoms with van der Waals surface area (Å²) in [4.78, 5) is 63.7. The number of amides is 3. The lowest BCUT2D eigenvalue weighted by Gasteiger charge is -2.34. The van der Waals surface area contributed by atoms with E-state index in [4.69, 9.17) is 4.74 Å². The van der Waals surface area contributed by atoms with Crippen LogP contribution >= 0.6 is 0 Å². The first-order valence-corrected chi connectivity index (χ1v) is 15.1. The Morgan fingerprint density at radius 2 is 1.74 bits per heavy atom. The van der Waals surface area contributed by atoms with Crippen LogP contribution in [0.3, 0.4) is 0 Å². The minimum absolute atomic E-state index is 0.0777. The van der Waals surface area contributed by atoms with Crippen molar-refractivity contribution in [2.24, 2.45) is 17.3 Å². The Hall–Kier alpha value is -3.66. The maximum atomic E-state index is 14.2. The van der Waals surface area contributed by atoms with Gasteiger partial charge < -0.3 is 20.3 Å². The molecule has 10 heteroatoms. The fraction of sp³-hybridized carbons (Fsp3) is 0.545. The average molecular weight is 593 g/mol. The number of likely N-dealkylation sites (tertiary alicyclic amines) is 1. The molecule has 5 atom stereocenters. The predicted molar refractivity (Wildman–Crippen MR) is 163 cm³/mol. The van der Waals surface area contributed by atoms with Crippen LogP contribution in [0.5, 0.6) is 0 Å². The van der Waals surface area contributed by atoms with Crippen molar-refractivity contribution in [3.63, 3.8) is 0 Å². The second-order valence-corrected chi connectivity index (χ2v) is 12.7. The number of carbonyl (C=O) groups excluding carboxylic acids is 4. The molecule has 1 aromatic heterocycles. The van der Waals surface area contributed by atoms with Gasteiger partial charge in [0.1, 0.15) is 17.8 Å². The highest BCUT2D eigenvalue weighted by Gasteiger charge is 2.46. The predicted octanol–water partition coefficient (Wildman–Crippen LogP) is 4.12. The topological polar surface area (TPSA) is 131 Å². The quantitative estimate of drug-likeness (QED) is 0.358. The van der Waals surface area contributed by atoms with E-state index in [2.05, 4.69) is 20.6 Å². The molecule has 0 aliphatic carbocycles. The van der Waals surface area contributed by atoms with Crippen molar-refractivity contribution < 1.29 is 23.9 Å². The summed E-state index contributed by atoms with van der Waals surface area (Å²) in [5, 5.41) is 5.69. The molecule has 2 N–H and O–H groups in total. The van der Waals surface area contributed by atoms with Gasteiger partial charge in [-0.05, 0) is 23.8 Å². The summed E-state index contributed by atoms with van der Waals surface area (Å²) in [6, 6.07) is 7.17. The molecule has 1 radical (unpaired) electrons. The van der Waals surface area contributed by atoms with Gasteiger partial charge in [-0.3, -0.25) is 24.2 Å². The second-order valence-electron chi connectivity index (χ2n) is 12.7. The number of nitrogens with one attached hydrogen (secondary N) is 2. The molecule has 3 rings (SSSR count). The molecule has 1 saturated heterocycles. The molecule has 1 aromatic carbocycles. The van der Waals surface area contributed by atoms with Crippen LogP contribution in [0.15, 0.2) is 48.9 Å². The van der Waals surface area contributed by atoms with Crippen molar-refractivity contribution in [1.29, 1.82) is 0 Å². The number of rotatable bonds is 13. The molecule has 233 valence electrons. The van der Waals surface area contributed by atoms with Crippen LogP contribution in [-0.2, 0) is 25.7 Å². The average Bonchev–Trinajstić information content (AvgIpc) is 3.41. The van der Waals surface area contributed by atoms with Gasteiger partial charge in [0.2, 0.25) is 11.8 Å². The fourth-order valence-electron chi connectivity index (χ4n) is 4.98. The van der Waals surface area contributed by atoms with Gasteiger partial charge in [0.15, 0.2) is 5.78 Å². The molecule has 1 fully saturated rings. The molecule has 43 heavy (non-hydrogen) atoms. The van der Waals surface area contributed by atoms with E-state index in [1.54, 1.807) is 6.54 Å². The number of ketones is 1. The van der Waals surface area contributed by atoms with Crippen molar-refractivity contribution in [2.75, 3.05) is 0 Å². The van der Waals surface area contributed by atoms with Gasteiger partial charge in [-0.2, -0.15) is 0 Å². The zero-order valence-corrected chi connectivity index (χ0v) is 26.4. The largest absolute Gasteiger partial charge is 0.371 e. The Morgan fingerprint density at radius 1 is 1.05 bits per heavy atom. The summed E-state index contributed by atoms with van der Waals surface area (Å²) in [5.74, 6) is -1.61. The lowest BCUT2D eigenvalue weighted by Crippen LogP contribution is -2.58. The number of Topliss-reactive ketones (excluding diaryl/α,β-unsaturated/α-hetero) is 1. The molecule has 2 heterocycles. The molecule has 3 amide bonds. The Bertz CT molecular complexity index is 1230. The number of carbonyl (C=O) groups is 4. The highest BCUT2D eigenvalue weighted by molar-refractivity contribution is 5.98. The van der Waals surface area contributed by atoms with Crippen LogP contribution in [0, 0.1) is 23.8 Å². The van der Waals surface area contributed by atoms with Crippen LogP contribution in [0.2, 0.25) is 0 Å². The zero-order chi connectivity index (χ0) is 31.7. The molecular weight excluding hydrogens is 546 g/mol. The van der Waals surface area contributed by atoms with E-state index in [9.17, 15) is 19.2 Å². The molecule has 0 bridgehead atoms. The third-order valence-corrected chi connectivity index (χ3v) is 7.62. The molecule has 1 aliphatic heterocycles. The molecule has 1 aliphatic rings. The highest BCUT2D eigenvalue weighted by atomic mass is 16.5. The van der Waals surface area contributed by atoms with Gasteiger partial charge in [0, 0.05) is 24.2 Å². The van der Waals surface area contributed by atoms with Gasteiger partial charge in [-0.25, -0.2) is 4.98 Å². The maximum absolute atomic E-state index is 14.2. The number of hydrogen-bond acceptors (Lipinski definition) is 7. The first kappa shape index (κ1) is 33.8. The van der Waals surface area contributed by atoms with Gasteiger partial charge in [-0.15, -0.1) is 0 Å². The van der Waals surface area contributed by atoms with E-state index >= 15 is 0 Å². The Labute approximate surface area is 255 Å². The Balaban J connectivity index is 1.82. The lowest BCUT2D eigenvalue weighted by molar-refractivity contribution is -0.143. The normalized spacial score (nSPS) is 19.0. The number of benzene rings is 1. The summed E-state index contributed by atoms with van der Waals surface area (Å²) >= 11 is 0. The summed E-state index contributed by atoms with van der Waals surface area (Å²) in [6.45, 7) is 15.2. The number of nitrogens with zero attached hydrogens (tertiary/aromatic N) is 3. The van der Waals surface area contributed by atoms with E-state index in [1.165, 1.54) is 23.5 Å². The highest BCUT2D eigenvalue weighted by Crippen LogP contribution is 2.32. The fourth-order valence-corrected chi connectivity index (χ4v) is 4.98. The van der Waals surface area contributed by atoms with Gasteiger partial charge in [0.25, 0.3) is 5.91 Å². The Morgan fingerprint density at radius 3 is 2.33 bits per heavy atom. The van der Waals surface area contributed by atoms with Crippen molar-refractivity contribution in [2.45, 2.75) is 98.6 Å². The summed E-state index contributed by atoms with van der Waals surface area (Å²) in [7, 11) is 0. The molecule has 10 nitrogen and oxygen atoms in total. The molecular formula is C33H46N5O5. The number of hydrogen-bond donors (Lipinski definition) is 2. The van der Waals surface area contributed by atoms with Crippen LogP contribution in [-0.4, -0.2) is 62.6 Å². The Kier molecular flexibility index (Phi) is 11.9. The van der Waals surface area contributed by atoms with E-state index in [0.29, 0.717) is 25.9 Å². The smallest absolute Gasteiger partial charge is 0.272 e. The standard InChI is InChI=1S/C33H46N5O5/c1-8-22(4)28(37-30(40)25(16-21(2)3)36-31(41)26-18-34-14-15-35-26)32(42)38-19-24(17-27(38)29(39)33(5,6)7)43-20-23-12-10-9-11-13-23/h9-15,18-19,21-22,24-25,27-28H,8,16-17,20H2,1-7H3,(H,36,41)(H,37,40)/t22-,24+,25-,27-,28-/m0/s1. The SMILES string of the molecule is CC[C@H](C)[C@H](NC(=O)[C@H](CC(C)C)NC(=O)c1cnccn1)C(=O)N1[CH][C@H](OCc2ccccc2)C[C@H]1C(=O)C(C)(C)C. The van der Waals surface area contributed by atoms with Crippen LogP contribution in [0.1, 0.15) is 83.8 Å². The third kappa shape index (κ3) is 9.41. The first-order chi connectivity index (χ1) is 20.3. The third-order valence-electron chi connectivity index (χ3n) is 7.62. The van der Waals surface area contributed by atoms with Crippen molar-refractivity contribution in [1.82, 2.24) is 25.5 Å². The van der Waals surface area contributed by atoms with E-state index in [0.717, 1.165) is 5.56 Å². The maximum Gasteiger partial charge on any atom is 0.272 e. The minimum Gasteiger partial charge on any atom is -0.371 e. The molecule has 0 spiro atoms. The van der Waals surface area contributed by atoms with Crippen LogP contribution < -0.4 is 10.6 Å². The van der Waals surface area contributed by atoms with E-state index in [1.807, 2.05) is 78.8 Å². The van der Waals surface area contributed by atoms with Crippen LogP contribution in [0.25, 0.3) is 0 Å². The minimum atomic E-state index is -0.917. The first-order valence-electron chi connectivity index (χ1n) is 15.1. The summed E-state index contributed by atoms with van der Waals surface area (Å²) in [5.41, 5.74) is 0.396. The molecule has 0 saturated carbocycles. The van der Waals surface area contributed by atoms with Crippen molar-refractivity contribution in [3.8, 4) is 0 Å². The zero-order valence-electron chi connectivity index (χ0n) is 26.4. The van der Waals surface area contributed by atoms with Crippen LogP contribution in [0.4, 0.5) is 0 Å². The number of aromatic nitrogens is 2. The van der Waals surface area contributed by atoms with E-state index < -0.39 is 41.5 Å². The molecule has 0 unspecified atom stereocenters. The monoisotopic (exact) mass is 592 g/mol. The van der Waals surface area contributed by atoms with E-state index in [-0.39, 0.29) is 29.2 Å². The number of ether oxygens (including phenoxy) is 1. The second kappa shape index (κ2) is 15.2.